The van der Waals surface area contributed by atoms with Crippen LogP contribution in [0.4, 0.5) is 4.39 Å². The van der Waals surface area contributed by atoms with Crippen LogP contribution in [0, 0.1) is 5.82 Å². The number of likely N-dealkylation sites (tertiary alicyclic amines) is 1. The van der Waals surface area contributed by atoms with Crippen LogP contribution in [0.2, 0.25) is 0 Å². The first kappa shape index (κ1) is 15.1. The van der Waals surface area contributed by atoms with Gasteiger partial charge in [-0.2, -0.15) is 4.98 Å². The summed E-state index contributed by atoms with van der Waals surface area (Å²) in [5, 5.41) is 13.0. The van der Waals surface area contributed by atoms with Crippen LogP contribution in [0.3, 0.4) is 0 Å². The predicted octanol–water partition coefficient (Wildman–Crippen LogP) is 2.32. The van der Waals surface area contributed by atoms with Gasteiger partial charge in [-0.15, -0.1) is 0 Å². The van der Waals surface area contributed by atoms with Gasteiger partial charge in [-0.1, -0.05) is 17.3 Å². The van der Waals surface area contributed by atoms with Crippen LogP contribution in [0.1, 0.15) is 42.6 Å². The van der Waals surface area contributed by atoms with Crippen molar-refractivity contribution in [2.24, 2.45) is 0 Å². The summed E-state index contributed by atoms with van der Waals surface area (Å²) >= 11 is 0. The third-order valence-corrected chi connectivity index (χ3v) is 4.01. The lowest BCUT2D eigenvalue weighted by Gasteiger charge is -2.20. The molecule has 0 bridgehead atoms. The van der Waals surface area contributed by atoms with Crippen LogP contribution < -0.4 is 0 Å². The van der Waals surface area contributed by atoms with Crippen molar-refractivity contribution in [2.75, 3.05) is 19.7 Å². The first-order valence-corrected chi connectivity index (χ1v) is 7.68. The molecule has 118 valence electrons. The van der Waals surface area contributed by atoms with Crippen LogP contribution in [0.15, 0.2) is 28.8 Å². The SMILES string of the molecule is OCCCN1CCC[C@H]1c1nc(Cc2ccc(F)cc2)no1. The van der Waals surface area contributed by atoms with Gasteiger partial charge in [0, 0.05) is 19.6 Å². The van der Waals surface area contributed by atoms with Crippen LogP contribution in [0.5, 0.6) is 0 Å². The summed E-state index contributed by atoms with van der Waals surface area (Å²) < 4.78 is 18.3. The van der Waals surface area contributed by atoms with Gasteiger partial charge < -0.3 is 9.63 Å². The van der Waals surface area contributed by atoms with E-state index in [2.05, 4.69) is 15.0 Å². The lowest BCUT2D eigenvalue weighted by molar-refractivity contribution is 0.185. The standard InChI is InChI=1S/C16H20FN3O2/c17-13-6-4-12(5-7-13)11-15-18-16(22-19-15)14-3-1-8-20(14)9-2-10-21/h4-7,14,21H,1-3,8-11H2/t14-/m0/s1. The van der Waals surface area contributed by atoms with Crippen molar-refractivity contribution in [1.29, 1.82) is 0 Å². The van der Waals surface area contributed by atoms with Gasteiger partial charge in [-0.05, 0) is 43.5 Å². The average Bonchev–Trinajstić information content (AvgIpc) is 3.16. The van der Waals surface area contributed by atoms with Gasteiger partial charge in [-0.25, -0.2) is 4.39 Å². The van der Waals surface area contributed by atoms with E-state index >= 15 is 0 Å². The highest BCUT2D eigenvalue weighted by atomic mass is 19.1. The Hall–Kier alpha value is -1.79. The van der Waals surface area contributed by atoms with Gasteiger partial charge in [0.25, 0.3) is 0 Å². The molecular weight excluding hydrogens is 285 g/mol. The number of hydrogen-bond donors (Lipinski definition) is 1. The Morgan fingerprint density at radius 2 is 2.14 bits per heavy atom. The molecule has 1 aliphatic heterocycles. The quantitative estimate of drug-likeness (QED) is 0.887. The molecule has 1 N–H and O–H groups in total. The molecule has 1 atom stereocenters. The Bertz CT molecular complexity index is 600. The normalized spacial score (nSPS) is 18.9. The Morgan fingerprint density at radius 3 is 2.91 bits per heavy atom. The number of halogens is 1. The third-order valence-electron chi connectivity index (χ3n) is 4.01. The summed E-state index contributed by atoms with van der Waals surface area (Å²) in [6.45, 7) is 2.04. The summed E-state index contributed by atoms with van der Waals surface area (Å²) in [4.78, 5) is 6.78. The van der Waals surface area contributed by atoms with Gasteiger partial charge in [0.15, 0.2) is 5.82 Å². The van der Waals surface area contributed by atoms with Crippen molar-refractivity contribution in [3.63, 3.8) is 0 Å². The number of aliphatic hydroxyl groups is 1. The minimum Gasteiger partial charge on any atom is -0.396 e. The van der Waals surface area contributed by atoms with E-state index in [9.17, 15) is 4.39 Å². The zero-order valence-electron chi connectivity index (χ0n) is 12.4. The van der Waals surface area contributed by atoms with Gasteiger partial charge in [-0.3, -0.25) is 4.90 Å². The second kappa shape index (κ2) is 6.98. The zero-order chi connectivity index (χ0) is 15.4. The maximum atomic E-state index is 12.9. The first-order valence-electron chi connectivity index (χ1n) is 7.68. The largest absolute Gasteiger partial charge is 0.396 e. The van der Waals surface area contributed by atoms with Crippen molar-refractivity contribution < 1.29 is 14.0 Å². The summed E-state index contributed by atoms with van der Waals surface area (Å²) in [5.74, 6) is 1.02. The van der Waals surface area contributed by atoms with Gasteiger partial charge in [0.1, 0.15) is 5.82 Å². The molecule has 0 aliphatic carbocycles. The average molecular weight is 305 g/mol. The van der Waals surface area contributed by atoms with Gasteiger partial charge >= 0.3 is 0 Å². The summed E-state index contributed by atoms with van der Waals surface area (Å²) in [5.41, 5.74) is 0.956. The topological polar surface area (TPSA) is 62.4 Å². The molecule has 0 spiro atoms. The maximum absolute atomic E-state index is 12.9. The number of hydrogen-bond acceptors (Lipinski definition) is 5. The molecule has 1 aliphatic rings. The fourth-order valence-corrected chi connectivity index (χ4v) is 2.91. The second-order valence-corrected chi connectivity index (χ2v) is 5.62. The molecular formula is C16H20FN3O2. The molecule has 0 amide bonds. The van der Waals surface area contributed by atoms with Gasteiger partial charge in [0.2, 0.25) is 5.89 Å². The number of rotatable bonds is 6. The molecule has 0 radical (unpaired) electrons. The summed E-state index contributed by atoms with van der Waals surface area (Å²) in [6, 6.07) is 6.48. The molecule has 1 aromatic heterocycles. The van der Waals surface area contributed by atoms with Crippen molar-refractivity contribution in [3.05, 3.63) is 47.4 Å². The van der Waals surface area contributed by atoms with E-state index in [4.69, 9.17) is 9.63 Å². The zero-order valence-corrected chi connectivity index (χ0v) is 12.4. The van der Waals surface area contributed by atoms with E-state index in [1.165, 1.54) is 12.1 Å². The molecule has 2 heterocycles. The van der Waals surface area contributed by atoms with E-state index in [1.807, 2.05) is 0 Å². The van der Waals surface area contributed by atoms with Crippen molar-refractivity contribution in [2.45, 2.75) is 31.7 Å². The Balaban J connectivity index is 1.66. The molecule has 0 unspecified atom stereocenters. The number of nitrogens with zero attached hydrogens (tertiary/aromatic N) is 3. The van der Waals surface area contributed by atoms with E-state index in [-0.39, 0.29) is 18.5 Å². The van der Waals surface area contributed by atoms with Crippen LogP contribution in [0.25, 0.3) is 0 Å². The molecule has 1 saturated heterocycles. The molecule has 0 saturated carbocycles. The predicted molar refractivity (Wildman–Crippen MR) is 78.8 cm³/mol. The van der Waals surface area contributed by atoms with E-state index in [1.54, 1.807) is 12.1 Å². The molecule has 3 rings (SSSR count). The lowest BCUT2D eigenvalue weighted by Crippen LogP contribution is -2.25. The highest BCUT2D eigenvalue weighted by Crippen LogP contribution is 2.30. The van der Waals surface area contributed by atoms with Crippen LogP contribution in [-0.4, -0.2) is 39.8 Å². The van der Waals surface area contributed by atoms with Crippen molar-refractivity contribution >= 4 is 0 Å². The second-order valence-electron chi connectivity index (χ2n) is 5.62. The number of aliphatic hydroxyl groups excluding tert-OH is 1. The van der Waals surface area contributed by atoms with Crippen molar-refractivity contribution in [1.82, 2.24) is 15.0 Å². The third kappa shape index (κ3) is 3.51. The van der Waals surface area contributed by atoms with E-state index in [0.717, 1.165) is 37.9 Å². The fraction of sp³-hybridized carbons (Fsp3) is 0.500. The minimum absolute atomic E-state index is 0.154. The summed E-state index contributed by atoms with van der Waals surface area (Å²) in [6.07, 6.45) is 3.40. The van der Waals surface area contributed by atoms with Gasteiger partial charge in [0.05, 0.1) is 6.04 Å². The van der Waals surface area contributed by atoms with E-state index in [0.29, 0.717) is 18.1 Å². The monoisotopic (exact) mass is 305 g/mol. The smallest absolute Gasteiger partial charge is 0.244 e. The van der Waals surface area contributed by atoms with Crippen LogP contribution in [-0.2, 0) is 6.42 Å². The molecule has 1 fully saturated rings. The summed E-state index contributed by atoms with van der Waals surface area (Å²) in [7, 11) is 0. The Kier molecular flexibility index (Phi) is 4.80. The Morgan fingerprint density at radius 1 is 1.32 bits per heavy atom. The molecule has 1 aromatic carbocycles. The fourth-order valence-electron chi connectivity index (χ4n) is 2.91. The van der Waals surface area contributed by atoms with Crippen LogP contribution >= 0.6 is 0 Å². The number of aromatic nitrogens is 2. The Labute approximate surface area is 128 Å². The molecule has 6 heteroatoms. The van der Waals surface area contributed by atoms with E-state index < -0.39 is 0 Å². The highest BCUT2D eigenvalue weighted by molar-refractivity contribution is 5.19. The maximum Gasteiger partial charge on any atom is 0.244 e. The minimum atomic E-state index is -0.247. The molecule has 22 heavy (non-hydrogen) atoms. The van der Waals surface area contributed by atoms with Crippen molar-refractivity contribution in [3.8, 4) is 0 Å². The number of benzene rings is 1. The molecule has 2 aromatic rings. The molecule has 5 nitrogen and oxygen atoms in total. The first-order chi connectivity index (χ1) is 10.8. The highest BCUT2D eigenvalue weighted by Gasteiger charge is 2.30. The lowest BCUT2D eigenvalue weighted by atomic mass is 10.1.